The molecule has 1 nitrogen and oxygen atoms in total. The van der Waals surface area contributed by atoms with Gasteiger partial charge in [-0.2, -0.15) is 0 Å². The molecule has 0 bridgehead atoms. The molecule has 1 aromatic carbocycles. The lowest BCUT2D eigenvalue weighted by molar-refractivity contribution is 1.39. The van der Waals surface area contributed by atoms with Gasteiger partial charge in [0.25, 0.3) is 0 Å². The number of hydrogen-bond acceptors (Lipinski definition) is 1. The molecule has 0 fully saturated rings. The van der Waals surface area contributed by atoms with Crippen molar-refractivity contribution in [1.29, 1.82) is 0 Å². The third-order valence-electron chi connectivity index (χ3n) is 2.13. The van der Waals surface area contributed by atoms with Crippen molar-refractivity contribution in [1.82, 2.24) is 4.98 Å². The monoisotopic (exact) mass is 183 g/mol. The maximum absolute atomic E-state index is 4.32. The zero-order valence-corrected chi connectivity index (χ0v) is 8.49. The molecular formula is C13H13N. The Balaban J connectivity index is 2.71. The highest BCUT2D eigenvalue weighted by molar-refractivity contribution is 5.87. The Morgan fingerprint density at radius 1 is 1.14 bits per heavy atom. The quantitative estimate of drug-likeness (QED) is 0.657. The molecule has 0 unspecified atom stereocenters. The van der Waals surface area contributed by atoms with Crippen molar-refractivity contribution in [2.75, 3.05) is 0 Å². The van der Waals surface area contributed by atoms with Gasteiger partial charge in [-0.05, 0) is 31.5 Å². The smallest absolute Gasteiger partial charge is 0.0707 e. The second-order valence-electron chi connectivity index (χ2n) is 3.64. The molecular weight excluding hydrogens is 170 g/mol. The van der Waals surface area contributed by atoms with Crippen molar-refractivity contribution < 1.29 is 0 Å². The summed E-state index contributed by atoms with van der Waals surface area (Å²) < 4.78 is 0. The number of hydrogen-bond donors (Lipinski definition) is 0. The van der Waals surface area contributed by atoms with Crippen LogP contribution in [0.15, 0.2) is 42.1 Å². The van der Waals surface area contributed by atoms with E-state index in [2.05, 4.69) is 37.0 Å². The Hall–Kier alpha value is -1.63. The van der Waals surface area contributed by atoms with Gasteiger partial charge in [-0.15, -0.1) is 0 Å². The fourth-order valence-corrected chi connectivity index (χ4v) is 1.55. The molecule has 0 spiro atoms. The molecule has 70 valence electrons. The second kappa shape index (κ2) is 3.62. The number of rotatable bonds is 1. The number of aromatic nitrogens is 1. The van der Waals surface area contributed by atoms with Crippen molar-refractivity contribution >= 4 is 17.0 Å². The lowest BCUT2D eigenvalue weighted by atomic mass is 10.1. The first-order valence-electron chi connectivity index (χ1n) is 4.76. The normalized spacial score (nSPS) is 10.1. The molecule has 1 heterocycles. The Morgan fingerprint density at radius 2 is 1.93 bits per heavy atom. The van der Waals surface area contributed by atoms with Gasteiger partial charge in [0.2, 0.25) is 0 Å². The van der Waals surface area contributed by atoms with Gasteiger partial charge in [0.15, 0.2) is 0 Å². The fourth-order valence-electron chi connectivity index (χ4n) is 1.55. The van der Waals surface area contributed by atoms with E-state index in [-0.39, 0.29) is 0 Å². The molecule has 2 rings (SSSR count). The van der Waals surface area contributed by atoms with E-state index in [0.717, 1.165) is 5.52 Å². The van der Waals surface area contributed by atoms with E-state index in [9.17, 15) is 0 Å². The zero-order chi connectivity index (χ0) is 9.97. The predicted octanol–water partition coefficient (Wildman–Crippen LogP) is 3.66. The first kappa shape index (κ1) is 8.95. The number of fused-ring (bicyclic) bond motifs is 1. The Kier molecular flexibility index (Phi) is 2.32. The first-order valence-corrected chi connectivity index (χ1v) is 4.76. The van der Waals surface area contributed by atoms with E-state index >= 15 is 0 Å². The van der Waals surface area contributed by atoms with Crippen LogP contribution in [-0.2, 0) is 0 Å². The number of para-hydroxylation sites is 1. The Bertz CT molecular complexity index is 474. The number of allylic oxidation sites excluding steroid dienone is 1. The van der Waals surface area contributed by atoms with Crippen LogP contribution in [0.5, 0.6) is 0 Å². The molecule has 0 N–H and O–H groups in total. The SMILES string of the molecule is CC(C)=Cc1ccnc2ccccc12. The lowest BCUT2D eigenvalue weighted by Crippen LogP contribution is -1.81. The zero-order valence-electron chi connectivity index (χ0n) is 8.49. The molecule has 2 aromatic rings. The molecule has 0 aliphatic carbocycles. The summed E-state index contributed by atoms with van der Waals surface area (Å²) in [4.78, 5) is 4.32. The fraction of sp³-hybridized carbons (Fsp3) is 0.154. The summed E-state index contributed by atoms with van der Waals surface area (Å²) >= 11 is 0. The van der Waals surface area contributed by atoms with Crippen molar-refractivity contribution in [3.05, 3.63) is 47.7 Å². The van der Waals surface area contributed by atoms with Gasteiger partial charge >= 0.3 is 0 Å². The summed E-state index contributed by atoms with van der Waals surface area (Å²) in [6.45, 7) is 4.21. The molecule has 1 aromatic heterocycles. The minimum absolute atomic E-state index is 1.06. The maximum Gasteiger partial charge on any atom is 0.0707 e. The third-order valence-corrected chi connectivity index (χ3v) is 2.13. The van der Waals surface area contributed by atoms with Crippen LogP contribution in [0.25, 0.3) is 17.0 Å². The summed E-state index contributed by atoms with van der Waals surface area (Å²) in [5.74, 6) is 0. The Morgan fingerprint density at radius 3 is 2.71 bits per heavy atom. The van der Waals surface area contributed by atoms with Crippen LogP contribution in [-0.4, -0.2) is 4.98 Å². The minimum Gasteiger partial charge on any atom is -0.256 e. The van der Waals surface area contributed by atoms with E-state index in [1.165, 1.54) is 16.5 Å². The van der Waals surface area contributed by atoms with E-state index in [4.69, 9.17) is 0 Å². The van der Waals surface area contributed by atoms with Gasteiger partial charge < -0.3 is 0 Å². The van der Waals surface area contributed by atoms with Crippen LogP contribution in [0.4, 0.5) is 0 Å². The van der Waals surface area contributed by atoms with Gasteiger partial charge in [0.05, 0.1) is 5.52 Å². The molecule has 0 amide bonds. The maximum atomic E-state index is 4.32. The summed E-state index contributed by atoms with van der Waals surface area (Å²) in [7, 11) is 0. The van der Waals surface area contributed by atoms with Gasteiger partial charge in [-0.1, -0.05) is 29.8 Å². The standard InChI is InChI=1S/C13H13N/c1-10(2)9-11-7-8-14-13-6-4-3-5-12(11)13/h3-9H,1-2H3. The minimum atomic E-state index is 1.06. The highest BCUT2D eigenvalue weighted by Gasteiger charge is 1.97. The van der Waals surface area contributed by atoms with Crippen molar-refractivity contribution in [2.45, 2.75) is 13.8 Å². The van der Waals surface area contributed by atoms with E-state index in [1.807, 2.05) is 24.4 Å². The highest BCUT2D eigenvalue weighted by atomic mass is 14.6. The van der Waals surface area contributed by atoms with E-state index in [0.29, 0.717) is 0 Å². The van der Waals surface area contributed by atoms with Crippen LogP contribution in [0.2, 0.25) is 0 Å². The van der Waals surface area contributed by atoms with Crippen molar-refractivity contribution in [3.8, 4) is 0 Å². The van der Waals surface area contributed by atoms with Crippen LogP contribution in [0.3, 0.4) is 0 Å². The molecule has 0 aliphatic heterocycles. The second-order valence-corrected chi connectivity index (χ2v) is 3.64. The molecule has 0 atom stereocenters. The molecule has 14 heavy (non-hydrogen) atoms. The molecule has 0 aliphatic rings. The van der Waals surface area contributed by atoms with Gasteiger partial charge in [0, 0.05) is 11.6 Å². The van der Waals surface area contributed by atoms with Crippen LogP contribution in [0, 0.1) is 0 Å². The van der Waals surface area contributed by atoms with Gasteiger partial charge in [0.1, 0.15) is 0 Å². The van der Waals surface area contributed by atoms with Crippen LogP contribution in [0.1, 0.15) is 19.4 Å². The molecule has 0 radical (unpaired) electrons. The summed E-state index contributed by atoms with van der Waals surface area (Å²) in [6, 6.07) is 10.3. The van der Waals surface area contributed by atoms with Gasteiger partial charge in [-0.3, -0.25) is 4.98 Å². The third kappa shape index (κ3) is 1.67. The number of benzene rings is 1. The first-order chi connectivity index (χ1) is 6.77. The molecule has 1 heteroatoms. The predicted molar refractivity (Wildman–Crippen MR) is 61.1 cm³/mol. The number of pyridine rings is 1. The summed E-state index contributed by atoms with van der Waals surface area (Å²) in [5, 5.41) is 1.22. The van der Waals surface area contributed by atoms with Crippen molar-refractivity contribution in [2.24, 2.45) is 0 Å². The Labute approximate surface area is 84.1 Å². The summed E-state index contributed by atoms with van der Waals surface area (Å²) in [6.07, 6.45) is 4.04. The van der Waals surface area contributed by atoms with E-state index < -0.39 is 0 Å². The van der Waals surface area contributed by atoms with Gasteiger partial charge in [-0.25, -0.2) is 0 Å². The average Bonchev–Trinajstić information content (AvgIpc) is 2.18. The van der Waals surface area contributed by atoms with Crippen molar-refractivity contribution in [3.63, 3.8) is 0 Å². The highest BCUT2D eigenvalue weighted by Crippen LogP contribution is 2.18. The van der Waals surface area contributed by atoms with Crippen LogP contribution < -0.4 is 0 Å². The largest absolute Gasteiger partial charge is 0.256 e. The molecule has 0 saturated heterocycles. The average molecular weight is 183 g/mol. The van der Waals surface area contributed by atoms with E-state index in [1.54, 1.807) is 0 Å². The lowest BCUT2D eigenvalue weighted by Gasteiger charge is -2.01. The number of nitrogens with zero attached hydrogens (tertiary/aromatic N) is 1. The van der Waals surface area contributed by atoms with Crippen LogP contribution >= 0.6 is 0 Å². The topological polar surface area (TPSA) is 12.9 Å². The summed E-state index contributed by atoms with van der Waals surface area (Å²) in [5.41, 5.74) is 3.61. The molecule has 0 saturated carbocycles.